The normalized spacial score (nSPS) is 15.4. The molecule has 10 aromatic rings. The second-order valence-corrected chi connectivity index (χ2v) is 16.6. The number of anilines is 3. The second-order valence-electron chi connectivity index (χ2n) is 14.4. The van der Waals surface area contributed by atoms with Crippen LogP contribution in [0.15, 0.2) is 198 Å². The van der Waals surface area contributed by atoms with E-state index in [9.17, 15) is 0 Å². The average Bonchev–Trinajstić information content (AvgIpc) is 3.60. The third kappa shape index (κ3) is 4.17. The van der Waals surface area contributed by atoms with Crippen LogP contribution < -0.4 is 4.90 Å². The fourth-order valence-electron chi connectivity index (χ4n) is 9.44. The van der Waals surface area contributed by atoms with E-state index in [2.05, 4.69) is 193 Å². The third-order valence-electron chi connectivity index (χ3n) is 11.7. The zero-order valence-corrected chi connectivity index (χ0v) is 30.8. The third-order valence-corrected chi connectivity index (χ3v) is 13.9. The van der Waals surface area contributed by atoms with Crippen molar-refractivity contribution >= 4 is 81.9 Å². The van der Waals surface area contributed by atoms with Crippen molar-refractivity contribution in [1.29, 1.82) is 0 Å². The first kappa shape index (κ1) is 30.3. The molecule has 1 unspecified atom stereocenters. The molecule has 9 aromatic carbocycles. The van der Waals surface area contributed by atoms with Crippen LogP contribution in [0.4, 0.5) is 17.1 Å². The van der Waals surface area contributed by atoms with Crippen molar-refractivity contribution < 1.29 is 0 Å². The fourth-order valence-corrected chi connectivity index (χ4v) is 11.8. The van der Waals surface area contributed by atoms with E-state index < -0.39 is 5.41 Å². The molecule has 0 bridgehead atoms. The molecule has 1 nitrogen and oxygen atoms in total. The minimum absolute atomic E-state index is 0.468. The molecule has 2 heterocycles. The van der Waals surface area contributed by atoms with Crippen LogP contribution in [0.1, 0.15) is 22.3 Å². The van der Waals surface area contributed by atoms with E-state index in [0.29, 0.717) is 0 Å². The van der Waals surface area contributed by atoms with E-state index in [1.54, 1.807) is 0 Å². The summed E-state index contributed by atoms with van der Waals surface area (Å²) in [4.78, 5) is 5.04. The Morgan fingerprint density at radius 2 is 1.00 bits per heavy atom. The fraction of sp³-hybridized carbons (Fsp3) is 0.0196. The van der Waals surface area contributed by atoms with Gasteiger partial charge in [-0.15, -0.1) is 11.3 Å². The molecule has 1 spiro atoms. The summed E-state index contributed by atoms with van der Waals surface area (Å²) >= 11 is 3.77. The summed E-state index contributed by atoms with van der Waals surface area (Å²) in [6.07, 6.45) is 0. The number of hydrogen-bond acceptors (Lipinski definition) is 3. The zero-order chi connectivity index (χ0) is 35.4. The van der Waals surface area contributed by atoms with Gasteiger partial charge in [0.15, 0.2) is 0 Å². The second kappa shape index (κ2) is 11.4. The van der Waals surface area contributed by atoms with E-state index in [4.69, 9.17) is 0 Å². The molecule has 12 rings (SSSR count). The lowest BCUT2D eigenvalue weighted by molar-refractivity contribution is 0.707. The van der Waals surface area contributed by atoms with Crippen molar-refractivity contribution in [2.24, 2.45) is 0 Å². The lowest BCUT2D eigenvalue weighted by Gasteiger charge is -2.46. The van der Waals surface area contributed by atoms with Crippen molar-refractivity contribution in [3.63, 3.8) is 0 Å². The van der Waals surface area contributed by atoms with Crippen molar-refractivity contribution in [2.45, 2.75) is 15.2 Å². The average molecular weight is 722 g/mol. The standard InChI is InChI=1S/C51H31NS2/c1-2-12-34-29-35(24-23-32(34)11-1)52(36-25-27-40-39-16-4-7-21-46(39)53-48(40)30-36)37-26-28-44-49(31-37)54-47-22-8-6-19-43(47)51(44)42-18-5-3-15-38(42)41-17-9-13-33-14-10-20-45(51)50(33)41/h1-31H. The van der Waals surface area contributed by atoms with E-state index >= 15 is 0 Å². The van der Waals surface area contributed by atoms with Gasteiger partial charge in [0.05, 0.1) is 5.41 Å². The van der Waals surface area contributed by atoms with Crippen LogP contribution in [-0.4, -0.2) is 0 Å². The molecule has 0 saturated carbocycles. The van der Waals surface area contributed by atoms with Gasteiger partial charge >= 0.3 is 0 Å². The highest BCUT2D eigenvalue weighted by Gasteiger charge is 2.48. The first-order chi connectivity index (χ1) is 26.8. The van der Waals surface area contributed by atoms with Crippen LogP contribution >= 0.6 is 23.1 Å². The zero-order valence-electron chi connectivity index (χ0n) is 29.2. The van der Waals surface area contributed by atoms with Crippen molar-refractivity contribution in [3.05, 3.63) is 210 Å². The SMILES string of the molecule is c1ccc2c(c1)Sc1cc(N(c3ccc4ccccc4c3)c3ccc4c(c3)sc3ccccc34)ccc1C21c2ccccc2-c2cccc3cccc1c23. The molecule has 2 aliphatic rings. The van der Waals surface area contributed by atoms with Gasteiger partial charge < -0.3 is 4.90 Å². The number of rotatable bonds is 3. The molecule has 0 fully saturated rings. The first-order valence-corrected chi connectivity index (χ1v) is 20.1. The Balaban J connectivity index is 1.13. The maximum atomic E-state index is 2.45. The number of benzene rings is 9. The maximum Gasteiger partial charge on any atom is 0.0735 e. The minimum Gasteiger partial charge on any atom is -0.310 e. The van der Waals surface area contributed by atoms with Gasteiger partial charge in [-0.25, -0.2) is 0 Å². The number of fused-ring (bicyclic) bond motifs is 12. The molecule has 0 amide bonds. The monoisotopic (exact) mass is 721 g/mol. The van der Waals surface area contributed by atoms with Gasteiger partial charge in [-0.05, 0) is 103 Å². The molecule has 1 atom stereocenters. The van der Waals surface area contributed by atoms with Gasteiger partial charge in [0.1, 0.15) is 0 Å². The number of thiophene rings is 1. The van der Waals surface area contributed by atoms with Crippen molar-refractivity contribution in [3.8, 4) is 11.1 Å². The smallest absolute Gasteiger partial charge is 0.0735 e. The molecular weight excluding hydrogens is 691 g/mol. The Hall–Kier alpha value is -6.13. The van der Waals surface area contributed by atoms with Gasteiger partial charge in [-0.3, -0.25) is 0 Å². The van der Waals surface area contributed by atoms with Crippen LogP contribution in [0.3, 0.4) is 0 Å². The van der Waals surface area contributed by atoms with Gasteiger partial charge in [0.25, 0.3) is 0 Å². The molecule has 1 aromatic heterocycles. The van der Waals surface area contributed by atoms with Crippen LogP contribution in [0.2, 0.25) is 0 Å². The van der Waals surface area contributed by atoms with Crippen LogP contribution in [0, 0.1) is 0 Å². The largest absolute Gasteiger partial charge is 0.310 e. The van der Waals surface area contributed by atoms with Crippen molar-refractivity contribution in [1.82, 2.24) is 0 Å². The molecule has 252 valence electrons. The molecular formula is C51H31NS2. The highest BCUT2D eigenvalue weighted by molar-refractivity contribution is 7.99. The van der Waals surface area contributed by atoms with Crippen LogP contribution in [-0.2, 0) is 5.41 Å². The Kier molecular flexibility index (Phi) is 6.42. The Morgan fingerprint density at radius 1 is 0.370 bits per heavy atom. The summed E-state index contributed by atoms with van der Waals surface area (Å²) in [5.74, 6) is 0. The van der Waals surface area contributed by atoms with E-state index in [0.717, 1.165) is 17.1 Å². The van der Waals surface area contributed by atoms with Crippen LogP contribution in [0.5, 0.6) is 0 Å². The Bertz CT molecular complexity index is 3170. The van der Waals surface area contributed by atoms with E-state index in [1.165, 1.54) is 84.9 Å². The highest BCUT2D eigenvalue weighted by Crippen LogP contribution is 2.61. The predicted molar refractivity (Wildman–Crippen MR) is 230 cm³/mol. The molecule has 54 heavy (non-hydrogen) atoms. The maximum absolute atomic E-state index is 2.45. The van der Waals surface area contributed by atoms with E-state index in [1.807, 2.05) is 23.1 Å². The summed E-state index contributed by atoms with van der Waals surface area (Å²) in [5.41, 5.74) is 11.0. The number of nitrogens with zero attached hydrogens (tertiary/aromatic N) is 1. The van der Waals surface area contributed by atoms with Gasteiger partial charge in [-0.2, -0.15) is 0 Å². The predicted octanol–water partition coefficient (Wildman–Crippen LogP) is 14.7. The molecule has 0 saturated heterocycles. The molecule has 0 N–H and O–H groups in total. The Labute approximate surface area is 321 Å². The summed E-state index contributed by atoms with van der Waals surface area (Å²) < 4.78 is 2.62. The highest BCUT2D eigenvalue weighted by atomic mass is 32.2. The summed E-state index contributed by atoms with van der Waals surface area (Å²) in [6, 6.07) is 70.4. The number of hydrogen-bond donors (Lipinski definition) is 0. The minimum atomic E-state index is -0.468. The lowest BCUT2D eigenvalue weighted by atomic mass is 9.59. The quantitative estimate of drug-likeness (QED) is 0.179. The topological polar surface area (TPSA) is 3.24 Å². The molecule has 1 aliphatic heterocycles. The van der Waals surface area contributed by atoms with Gasteiger partial charge in [0.2, 0.25) is 0 Å². The molecule has 0 radical (unpaired) electrons. The molecule has 3 heteroatoms. The molecule has 1 aliphatic carbocycles. The van der Waals surface area contributed by atoms with Crippen molar-refractivity contribution in [2.75, 3.05) is 4.90 Å². The lowest BCUT2D eigenvalue weighted by Crippen LogP contribution is -2.36. The van der Waals surface area contributed by atoms with Gasteiger partial charge in [-0.1, -0.05) is 151 Å². The van der Waals surface area contributed by atoms with Crippen LogP contribution in [0.25, 0.3) is 52.8 Å². The first-order valence-electron chi connectivity index (χ1n) is 18.5. The summed E-state index contributed by atoms with van der Waals surface area (Å²) in [6.45, 7) is 0. The Morgan fingerprint density at radius 3 is 1.94 bits per heavy atom. The van der Waals surface area contributed by atoms with E-state index in [-0.39, 0.29) is 0 Å². The summed E-state index contributed by atoms with van der Waals surface area (Å²) in [7, 11) is 0. The summed E-state index contributed by atoms with van der Waals surface area (Å²) in [5, 5.41) is 7.74. The van der Waals surface area contributed by atoms with Gasteiger partial charge in [0, 0.05) is 47.0 Å².